The maximum Gasteiger partial charge on any atom is 0.271 e. The van der Waals surface area contributed by atoms with E-state index in [1.807, 2.05) is 31.2 Å². The largest absolute Gasteiger partial charge is 0.329 e. The zero-order valence-electron chi connectivity index (χ0n) is 14.4. The molecule has 0 saturated carbocycles. The zero-order valence-corrected chi connectivity index (χ0v) is 15.1. The predicted octanol–water partition coefficient (Wildman–Crippen LogP) is 4.17. The lowest BCUT2D eigenvalue weighted by molar-refractivity contribution is 0.0955. The van der Waals surface area contributed by atoms with E-state index in [4.69, 9.17) is 11.6 Å². The van der Waals surface area contributed by atoms with E-state index in [1.165, 1.54) is 0 Å². The molecule has 0 aliphatic rings. The molecule has 1 aromatic heterocycles. The average molecular weight is 355 g/mol. The highest BCUT2D eigenvalue weighted by molar-refractivity contribution is 6.34. The molecule has 0 spiro atoms. The van der Waals surface area contributed by atoms with Gasteiger partial charge in [-0.25, -0.2) is 10.4 Å². The monoisotopic (exact) mass is 354 g/mol. The number of rotatable bonds is 4. The number of benzene rings is 2. The van der Waals surface area contributed by atoms with Gasteiger partial charge >= 0.3 is 0 Å². The van der Waals surface area contributed by atoms with Crippen LogP contribution in [0.2, 0.25) is 5.02 Å². The Balaban J connectivity index is 1.83. The van der Waals surface area contributed by atoms with Crippen molar-refractivity contribution in [3.63, 3.8) is 0 Å². The van der Waals surface area contributed by atoms with Gasteiger partial charge in [-0.15, -0.1) is 0 Å². The van der Waals surface area contributed by atoms with Gasteiger partial charge in [0.05, 0.1) is 16.7 Å². The summed E-state index contributed by atoms with van der Waals surface area (Å²) in [6.07, 6.45) is 0. The number of imidazole rings is 1. The first-order valence-electron chi connectivity index (χ1n) is 8.07. The predicted molar refractivity (Wildman–Crippen MR) is 101 cm³/mol. The van der Waals surface area contributed by atoms with E-state index in [2.05, 4.69) is 27.0 Å². The van der Waals surface area contributed by atoms with Crippen LogP contribution in [0.25, 0.3) is 11.0 Å². The van der Waals surface area contributed by atoms with Crippen LogP contribution >= 0.6 is 11.6 Å². The Bertz CT molecular complexity index is 975. The minimum absolute atomic E-state index is 0.281. The maximum atomic E-state index is 12.4. The minimum atomic E-state index is -0.281. The van der Waals surface area contributed by atoms with Crippen LogP contribution < -0.4 is 5.43 Å². The number of hydrazone groups is 1. The second-order valence-electron chi connectivity index (χ2n) is 5.72. The van der Waals surface area contributed by atoms with Crippen LogP contribution in [0.4, 0.5) is 0 Å². The Morgan fingerprint density at radius 2 is 2.04 bits per heavy atom. The Morgan fingerprint density at radius 1 is 1.28 bits per heavy atom. The van der Waals surface area contributed by atoms with Gasteiger partial charge in [-0.3, -0.25) is 4.79 Å². The first kappa shape index (κ1) is 17.2. The number of carbonyl (C=O) groups is 1. The number of aromatic nitrogens is 2. The van der Waals surface area contributed by atoms with Gasteiger partial charge in [-0.05, 0) is 45.0 Å². The number of aryl methyl sites for hydroxylation is 2. The van der Waals surface area contributed by atoms with Crippen molar-refractivity contribution in [2.45, 2.75) is 27.3 Å². The molecule has 0 radical (unpaired) electrons. The second-order valence-corrected chi connectivity index (χ2v) is 6.13. The van der Waals surface area contributed by atoms with Crippen molar-refractivity contribution >= 4 is 34.3 Å². The average Bonchev–Trinajstić information content (AvgIpc) is 2.93. The Hall–Kier alpha value is -2.66. The molecule has 0 unspecified atom stereocenters. The fourth-order valence-corrected chi connectivity index (χ4v) is 3.08. The van der Waals surface area contributed by atoms with E-state index in [0.29, 0.717) is 16.3 Å². The first-order valence-corrected chi connectivity index (χ1v) is 8.45. The third-order valence-electron chi connectivity index (χ3n) is 4.11. The van der Waals surface area contributed by atoms with Crippen molar-refractivity contribution in [1.82, 2.24) is 15.0 Å². The number of carbonyl (C=O) groups excluding carboxylic acids is 1. The number of nitrogens with one attached hydrogen (secondary N) is 1. The van der Waals surface area contributed by atoms with Gasteiger partial charge in [0.15, 0.2) is 0 Å². The lowest BCUT2D eigenvalue weighted by atomic mass is 10.1. The van der Waals surface area contributed by atoms with E-state index in [0.717, 1.165) is 29.0 Å². The summed E-state index contributed by atoms with van der Waals surface area (Å²) in [5.74, 6) is 0.652. The topological polar surface area (TPSA) is 59.3 Å². The highest BCUT2D eigenvalue weighted by Crippen LogP contribution is 2.18. The van der Waals surface area contributed by atoms with Crippen molar-refractivity contribution in [1.29, 1.82) is 0 Å². The number of hydrogen-bond donors (Lipinski definition) is 1. The van der Waals surface area contributed by atoms with Gasteiger partial charge in [-0.2, -0.15) is 5.10 Å². The summed E-state index contributed by atoms with van der Waals surface area (Å²) in [4.78, 5) is 16.9. The quantitative estimate of drug-likeness (QED) is 0.564. The standard InChI is InChI=1S/C19H19ClN4O/c1-4-24-13(3)21-17-11-14(9-10-18(17)24)19(25)23-22-12(2)15-7-5-6-8-16(15)20/h5-11H,4H2,1-3H3,(H,23,25)/b22-12+. The van der Waals surface area contributed by atoms with Gasteiger partial charge in [0.1, 0.15) is 5.82 Å². The normalized spacial score (nSPS) is 11.8. The maximum absolute atomic E-state index is 12.4. The molecule has 128 valence electrons. The molecule has 0 fully saturated rings. The molecule has 1 N–H and O–H groups in total. The number of nitrogens with zero attached hydrogens (tertiary/aromatic N) is 3. The minimum Gasteiger partial charge on any atom is -0.329 e. The molecule has 2 aromatic carbocycles. The third kappa shape index (κ3) is 3.42. The van der Waals surface area contributed by atoms with Crippen LogP contribution in [0.1, 0.15) is 35.6 Å². The van der Waals surface area contributed by atoms with Crippen LogP contribution in [-0.4, -0.2) is 21.2 Å². The first-order chi connectivity index (χ1) is 12.0. The fourth-order valence-electron chi connectivity index (χ4n) is 2.80. The van der Waals surface area contributed by atoms with Crippen LogP contribution in [0.3, 0.4) is 0 Å². The molecule has 25 heavy (non-hydrogen) atoms. The van der Waals surface area contributed by atoms with Crippen molar-refractivity contribution < 1.29 is 4.79 Å². The fraction of sp³-hybridized carbons (Fsp3) is 0.211. The smallest absolute Gasteiger partial charge is 0.271 e. The van der Waals surface area contributed by atoms with Crippen LogP contribution in [0.5, 0.6) is 0 Å². The molecule has 3 rings (SSSR count). The molecule has 3 aromatic rings. The van der Waals surface area contributed by atoms with Gasteiger partial charge in [0.25, 0.3) is 5.91 Å². The molecular formula is C19H19ClN4O. The molecule has 5 nitrogen and oxygen atoms in total. The zero-order chi connectivity index (χ0) is 18.0. The SMILES string of the molecule is CCn1c(C)nc2cc(C(=O)N/N=C(\C)c3ccccc3Cl)ccc21. The highest BCUT2D eigenvalue weighted by atomic mass is 35.5. The Morgan fingerprint density at radius 3 is 2.76 bits per heavy atom. The summed E-state index contributed by atoms with van der Waals surface area (Å²) in [6, 6.07) is 12.9. The van der Waals surface area contributed by atoms with Gasteiger partial charge < -0.3 is 4.57 Å². The van der Waals surface area contributed by atoms with E-state index in [9.17, 15) is 4.79 Å². The molecule has 6 heteroatoms. The third-order valence-corrected chi connectivity index (χ3v) is 4.44. The molecule has 0 bridgehead atoms. The van der Waals surface area contributed by atoms with Crippen molar-refractivity contribution in [3.8, 4) is 0 Å². The molecule has 0 aliphatic heterocycles. The lowest BCUT2D eigenvalue weighted by Gasteiger charge is -2.05. The number of halogens is 1. The van der Waals surface area contributed by atoms with Crippen molar-refractivity contribution in [2.24, 2.45) is 5.10 Å². The molecule has 0 atom stereocenters. The second kappa shape index (κ2) is 7.07. The van der Waals surface area contributed by atoms with Gasteiger partial charge in [0, 0.05) is 22.7 Å². The van der Waals surface area contributed by atoms with E-state index >= 15 is 0 Å². The van der Waals surface area contributed by atoms with Crippen molar-refractivity contribution in [2.75, 3.05) is 0 Å². The lowest BCUT2D eigenvalue weighted by Crippen LogP contribution is -2.19. The number of fused-ring (bicyclic) bond motifs is 1. The summed E-state index contributed by atoms with van der Waals surface area (Å²) in [5.41, 5.74) is 6.36. The summed E-state index contributed by atoms with van der Waals surface area (Å²) < 4.78 is 2.11. The summed E-state index contributed by atoms with van der Waals surface area (Å²) >= 11 is 6.14. The Kier molecular flexibility index (Phi) is 4.86. The van der Waals surface area contributed by atoms with E-state index < -0.39 is 0 Å². The summed E-state index contributed by atoms with van der Waals surface area (Å²) in [5, 5.41) is 4.75. The van der Waals surface area contributed by atoms with Gasteiger partial charge in [0.2, 0.25) is 0 Å². The Labute approximate surface area is 151 Å². The number of amides is 1. The van der Waals surface area contributed by atoms with Crippen LogP contribution in [0.15, 0.2) is 47.6 Å². The van der Waals surface area contributed by atoms with Crippen LogP contribution in [-0.2, 0) is 6.54 Å². The number of hydrogen-bond acceptors (Lipinski definition) is 3. The molecular weight excluding hydrogens is 336 g/mol. The molecule has 1 amide bonds. The van der Waals surface area contributed by atoms with Crippen LogP contribution in [0, 0.1) is 6.92 Å². The van der Waals surface area contributed by atoms with Crippen molar-refractivity contribution in [3.05, 3.63) is 64.4 Å². The van der Waals surface area contributed by atoms with Gasteiger partial charge in [-0.1, -0.05) is 29.8 Å². The van der Waals surface area contributed by atoms with E-state index in [1.54, 1.807) is 25.1 Å². The summed E-state index contributed by atoms with van der Waals surface area (Å²) in [7, 11) is 0. The molecule has 0 aliphatic carbocycles. The highest BCUT2D eigenvalue weighted by Gasteiger charge is 2.11. The van der Waals surface area contributed by atoms with E-state index in [-0.39, 0.29) is 5.91 Å². The molecule has 1 heterocycles. The molecule has 0 saturated heterocycles. The summed E-state index contributed by atoms with van der Waals surface area (Å²) in [6.45, 7) is 6.67.